The number of aromatic nitrogens is 2. The molecule has 30 heavy (non-hydrogen) atoms. The van der Waals surface area contributed by atoms with Gasteiger partial charge in [-0.25, -0.2) is 0 Å². The Bertz CT molecular complexity index is 971. The van der Waals surface area contributed by atoms with Crippen LogP contribution in [0.25, 0.3) is 11.4 Å². The molecule has 8 heteroatoms. The lowest BCUT2D eigenvalue weighted by atomic mass is 9.96. The molecule has 0 radical (unpaired) electrons. The van der Waals surface area contributed by atoms with Gasteiger partial charge in [-0.1, -0.05) is 47.1 Å². The van der Waals surface area contributed by atoms with Gasteiger partial charge in [0.2, 0.25) is 11.7 Å². The third kappa shape index (κ3) is 5.51. The largest absolute Gasteiger partial charge is 0.356 e. The SMILES string of the molecule is CN=C(NCCc1nc(-c2ccc(Cl)cc2)no1)NCC1(c2ccccc2)CC1.I. The molecular formula is C22H25ClIN5O. The smallest absolute Gasteiger partial charge is 0.228 e. The third-order valence-electron chi connectivity index (χ3n) is 5.26. The van der Waals surface area contributed by atoms with Gasteiger partial charge >= 0.3 is 0 Å². The Morgan fingerprint density at radius 3 is 2.50 bits per heavy atom. The predicted molar refractivity (Wildman–Crippen MR) is 131 cm³/mol. The molecule has 1 fully saturated rings. The lowest BCUT2D eigenvalue weighted by molar-refractivity contribution is 0.378. The van der Waals surface area contributed by atoms with Gasteiger partial charge in [0.05, 0.1) is 0 Å². The van der Waals surface area contributed by atoms with E-state index >= 15 is 0 Å². The molecule has 1 aliphatic carbocycles. The highest BCUT2D eigenvalue weighted by Gasteiger charge is 2.43. The van der Waals surface area contributed by atoms with E-state index in [1.165, 1.54) is 18.4 Å². The second-order valence-electron chi connectivity index (χ2n) is 7.27. The number of halogens is 2. The van der Waals surface area contributed by atoms with Gasteiger partial charge in [0.25, 0.3) is 0 Å². The number of rotatable bonds is 7. The van der Waals surface area contributed by atoms with Crippen LogP contribution in [0.1, 0.15) is 24.3 Å². The highest BCUT2D eigenvalue weighted by Crippen LogP contribution is 2.47. The standard InChI is InChI=1S/C22H24ClN5O.HI/c1-24-21(26-15-22(12-13-22)17-5-3-2-4-6-17)25-14-11-19-27-20(28-29-19)16-7-9-18(23)10-8-16;/h2-10H,11-15H2,1H3,(H2,24,25,26);1H. The molecule has 1 heterocycles. The maximum absolute atomic E-state index is 5.92. The number of benzene rings is 2. The Kier molecular flexibility index (Phi) is 7.71. The normalized spacial score (nSPS) is 14.7. The van der Waals surface area contributed by atoms with Crippen molar-refractivity contribution in [1.82, 2.24) is 20.8 Å². The quantitative estimate of drug-likeness (QED) is 0.265. The zero-order valence-corrected chi connectivity index (χ0v) is 19.9. The zero-order valence-electron chi connectivity index (χ0n) is 16.8. The van der Waals surface area contributed by atoms with Gasteiger partial charge in [0.15, 0.2) is 5.96 Å². The Morgan fingerprint density at radius 1 is 1.10 bits per heavy atom. The topological polar surface area (TPSA) is 75.3 Å². The Morgan fingerprint density at radius 2 is 1.83 bits per heavy atom. The van der Waals surface area contributed by atoms with Crippen molar-refractivity contribution in [2.75, 3.05) is 20.1 Å². The first kappa shape index (κ1) is 22.6. The van der Waals surface area contributed by atoms with E-state index < -0.39 is 0 Å². The highest BCUT2D eigenvalue weighted by atomic mass is 127. The maximum atomic E-state index is 5.92. The summed E-state index contributed by atoms with van der Waals surface area (Å²) in [6.07, 6.45) is 3.03. The summed E-state index contributed by atoms with van der Waals surface area (Å²) in [4.78, 5) is 8.77. The minimum atomic E-state index is 0. The monoisotopic (exact) mass is 537 g/mol. The van der Waals surface area contributed by atoms with Gasteiger partial charge in [-0.15, -0.1) is 24.0 Å². The molecule has 0 bridgehead atoms. The van der Waals surface area contributed by atoms with Gasteiger partial charge in [-0.3, -0.25) is 4.99 Å². The summed E-state index contributed by atoms with van der Waals surface area (Å²) in [7, 11) is 1.78. The van der Waals surface area contributed by atoms with Crippen molar-refractivity contribution >= 4 is 41.5 Å². The van der Waals surface area contributed by atoms with Crippen molar-refractivity contribution in [2.45, 2.75) is 24.7 Å². The first-order chi connectivity index (χ1) is 14.2. The molecule has 158 valence electrons. The average Bonchev–Trinajstić information content (AvgIpc) is 3.41. The Balaban J connectivity index is 0.00000256. The summed E-state index contributed by atoms with van der Waals surface area (Å²) >= 11 is 5.92. The molecule has 0 atom stereocenters. The van der Waals surface area contributed by atoms with E-state index in [1.807, 2.05) is 24.3 Å². The van der Waals surface area contributed by atoms with Crippen LogP contribution < -0.4 is 10.6 Å². The highest BCUT2D eigenvalue weighted by molar-refractivity contribution is 14.0. The fraction of sp³-hybridized carbons (Fsp3) is 0.318. The van der Waals surface area contributed by atoms with E-state index in [-0.39, 0.29) is 29.4 Å². The van der Waals surface area contributed by atoms with E-state index in [2.05, 4.69) is 56.1 Å². The minimum Gasteiger partial charge on any atom is -0.356 e. The van der Waals surface area contributed by atoms with Gasteiger partial charge in [0.1, 0.15) is 0 Å². The Labute approximate surface area is 198 Å². The number of hydrogen-bond acceptors (Lipinski definition) is 4. The molecule has 1 saturated carbocycles. The van der Waals surface area contributed by atoms with Gasteiger partial charge in [-0.05, 0) is 42.7 Å². The van der Waals surface area contributed by atoms with Crippen LogP contribution in [0.5, 0.6) is 0 Å². The van der Waals surface area contributed by atoms with Crippen molar-refractivity contribution in [3.63, 3.8) is 0 Å². The summed E-state index contributed by atoms with van der Waals surface area (Å²) in [6.45, 7) is 1.53. The second kappa shape index (κ2) is 10.3. The van der Waals surface area contributed by atoms with Crippen LogP contribution in [0.2, 0.25) is 5.02 Å². The third-order valence-corrected chi connectivity index (χ3v) is 5.51. The van der Waals surface area contributed by atoms with E-state index in [1.54, 1.807) is 7.05 Å². The molecule has 1 aliphatic rings. The molecule has 0 spiro atoms. The van der Waals surface area contributed by atoms with Crippen molar-refractivity contribution in [3.05, 3.63) is 71.1 Å². The molecule has 3 aromatic rings. The molecule has 0 unspecified atom stereocenters. The molecular weight excluding hydrogens is 513 g/mol. The Hall–Kier alpha value is -2.13. The lowest BCUT2D eigenvalue weighted by Crippen LogP contribution is -2.42. The fourth-order valence-corrected chi connectivity index (χ4v) is 3.47. The summed E-state index contributed by atoms with van der Waals surface area (Å²) in [5.41, 5.74) is 2.51. The van der Waals surface area contributed by atoms with Crippen molar-refractivity contribution in [1.29, 1.82) is 0 Å². The first-order valence-electron chi connectivity index (χ1n) is 9.77. The molecule has 2 aromatic carbocycles. The van der Waals surface area contributed by atoms with Crippen LogP contribution >= 0.6 is 35.6 Å². The second-order valence-corrected chi connectivity index (χ2v) is 7.70. The molecule has 6 nitrogen and oxygen atoms in total. The van der Waals surface area contributed by atoms with Crippen LogP contribution in [-0.2, 0) is 11.8 Å². The van der Waals surface area contributed by atoms with E-state index in [0.29, 0.717) is 29.7 Å². The van der Waals surface area contributed by atoms with Crippen molar-refractivity contribution in [2.24, 2.45) is 4.99 Å². The van der Waals surface area contributed by atoms with Crippen LogP contribution in [0, 0.1) is 0 Å². The average molecular weight is 538 g/mol. The van der Waals surface area contributed by atoms with Crippen LogP contribution in [0.15, 0.2) is 64.1 Å². The van der Waals surface area contributed by atoms with Gasteiger partial charge in [0, 0.05) is 42.6 Å². The fourth-order valence-electron chi connectivity index (χ4n) is 3.34. The lowest BCUT2D eigenvalue weighted by Gasteiger charge is -2.18. The number of aliphatic imine (C=N–C) groups is 1. The van der Waals surface area contributed by atoms with E-state index in [0.717, 1.165) is 18.1 Å². The number of hydrogen-bond donors (Lipinski definition) is 2. The number of nitrogens with zero attached hydrogens (tertiary/aromatic N) is 3. The molecule has 0 amide bonds. The first-order valence-corrected chi connectivity index (χ1v) is 10.1. The molecule has 2 N–H and O–H groups in total. The minimum absolute atomic E-state index is 0. The van der Waals surface area contributed by atoms with E-state index in [9.17, 15) is 0 Å². The summed E-state index contributed by atoms with van der Waals surface area (Å²) in [5.74, 6) is 1.93. The summed E-state index contributed by atoms with van der Waals surface area (Å²) in [6, 6.07) is 18.1. The molecule has 0 saturated heterocycles. The molecule has 4 rings (SSSR count). The maximum Gasteiger partial charge on any atom is 0.228 e. The van der Waals surface area contributed by atoms with E-state index in [4.69, 9.17) is 16.1 Å². The van der Waals surface area contributed by atoms with Crippen molar-refractivity contribution in [3.8, 4) is 11.4 Å². The predicted octanol–water partition coefficient (Wildman–Crippen LogP) is 4.45. The van der Waals surface area contributed by atoms with Crippen LogP contribution in [-0.4, -0.2) is 36.2 Å². The van der Waals surface area contributed by atoms with Crippen molar-refractivity contribution < 1.29 is 4.52 Å². The molecule has 1 aromatic heterocycles. The number of guanidine groups is 1. The zero-order chi connectivity index (χ0) is 20.1. The number of nitrogens with one attached hydrogen (secondary N) is 2. The van der Waals surface area contributed by atoms with Gasteiger partial charge in [-0.2, -0.15) is 4.98 Å². The van der Waals surface area contributed by atoms with Gasteiger partial charge < -0.3 is 15.2 Å². The summed E-state index contributed by atoms with van der Waals surface area (Å²) in [5, 5.41) is 11.5. The van der Waals surface area contributed by atoms with Crippen LogP contribution in [0.4, 0.5) is 0 Å². The molecule has 0 aliphatic heterocycles. The van der Waals surface area contributed by atoms with Crippen LogP contribution in [0.3, 0.4) is 0 Å². The summed E-state index contributed by atoms with van der Waals surface area (Å²) < 4.78 is 5.35.